The van der Waals surface area contributed by atoms with Crippen LogP contribution in [0.25, 0.3) is 0 Å². The Morgan fingerprint density at radius 1 is 1.53 bits per heavy atom. The van der Waals surface area contributed by atoms with Gasteiger partial charge in [-0.1, -0.05) is 11.3 Å². The Bertz CT molecular complexity index is 408. The maximum atomic E-state index is 11.5. The van der Waals surface area contributed by atoms with E-state index in [9.17, 15) is 9.59 Å². The zero-order valence-electron chi connectivity index (χ0n) is 8.99. The van der Waals surface area contributed by atoms with Gasteiger partial charge in [-0.25, -0.2) is 9.47 Å². The summed E-state index contributed by atoms with van der Waals surface area (Å²) in [4.78, 5) is 23.1. The first kappa shape index (κ1) is 11.8. The maximum absolute atomic E-state index is 11.5. The second-order valence-electron chi connectivity index (χ2n) is 2.85. The third-order valence-corrected chi connectivity index (χ3v) is 2.84. The van der Waals surface area contributed by atoms with Gasteiger partial charge in [0.05, 0.1) is 12.3 Å². The fraction of sp³-hybridized carbons (Fsp3) is 0.556. The lowest BCUT2D eigenvalue weighted by Crippen LogP contribution is -2.25. The number of ether oxygens (including phenoxy) is 1. The van der Waals surface area contributed by atoms with E-state index in [0.717, 1.165) is 11.3 Å². The smallest absolute Gasteiger partial charge is 0.350 e. The van der Waals surface area contributed by atoms with Crippen LogP contribution in [0.3, 0.4) is 0 Å². The van der Waals surface area contributed by atoms with E-state index in [-0.39, 0.29) is 4.87 Å². The van der Waals surface area contributed by atoms with Gasteiger partial charge in [0.25, 0.3) is 0 Å². The molecular formula is C9H14N2O3S. The molecule has 0 saturated carbocycles. The third kappa shape index (κ3) is 2.38. The normalized spacial score (nSPS) is 10.1. The fourth-order valence-corrected chi connectivity index (χ4v) is 2.02. The van der Waals surface area contributed by atoms with E-state index in [0.29, 0.717) is 23.7 Å². The molecule has 0 spiro atoms. The molecule has 0 saturated heterocycles. The predicted molar refractivity (Wildman–Crippen MR) is 59.2 cm³/mol. The van der Waals surface area contributed by atoms with Crippen LogP contribution in [0.2, 0.25) is 0 Å². The summed E-state index contributed by atoms with van der Waals surface area (Å²) in [5, 5.41) is 0. The predicted octanol–water partition coefficient (Wildman–Crippen LogP) is 0.958. The Kier molecular flexibility index (Phi) is 3.90. The molecule has 0 aliphatic rings. The molecule has 1 heterocycles. The van der Waals surface area contributed by atoms with Gasteiger partial charge in [0, 0.05) is 6.54 Å². The molecule has 0 fully saturated rings. The van der Waals surface area contributed by atoms with E-state index in [1.165, 1.54) is 4.68 Å². The molecule has 1 N–H and O–H groups in total. The Labute approximate surface area is 91.6 Å². The van der Waals surface area contributed by atoms with Crippen LogP contribution in [0.4, 0.5) is 0 Å². The summed E-state index contributed by atoms with van der Waals surface area (Å²) >= 11 is 0.899. The SMILES string of the molecule is CCNn1c(C)c(C(=O)OCC)sc1=O. The summed E-state index contributed by atoms with van der Waals surface area (Å²) in [6.45, 7) is 6.27. The Hall–Kier alpha value is -1.30. The molecule has 0 radical (unpaired) electrons. The van der Waals surface area contributed by atoms with Crippen molar-refractivity contribution in [2.45, 2.75) is 20.8 Å². The number of esters is 1. The molecular weight excluding hydrogens is 216 g/mol. The second kappa shape index (κ2) is 4.97. The van der Waals surface area contributed by atoms with Crippen molar-refractivity contribution in [2.24, 2.45) is 0 Å². The summed E-state index contributed by atoms with van der Waals surface area (Å²) in [6, 6.07) is 0. The summed E-state index contributed by atoms with van der Waals surface area (Å²) in [5.41, 5.74) is 3.47. The van der Waals surface area contributed by atoms with Crippen LogP contribution in [0.15, 0.2) is 4.79 Å². The average Bonchev–Trinajstić information content (AvgIpc) is 2.47. The van der Waals surface area contributed by atoms with E-state index in [2.05, 4.69) is 5.43 Å². The Balaban J connectivity index is 3.06. The summed E-state index contributed by atoms with van der Waals surface area (Å²) in [7, 11) is 0. The minimum absolute atomic E-state index is 0.197. The molecule has 0 atom stereocenters. The average molecular weight is 230 g/mol. The summed E-state index contributed by atoms with van der Waals surface area (Å²) in [6.07, 6.45) is 0. The number of nitrogens with one attached hydrogen (secondary N) is 1. The molecule has 1 aromatic heterocycles. The molecule has 15 heavy (non-hydrogen) atoms. The Morgan fingerprint density at radius 2 is 2.20 bits per heavy atom. The van der Waals surface area contributed by atoms with Crippen molar-refractivity contribution < 1.29 is 9.53 Å². The number of hydrogen-bond acceptors (Lipinski definition) is 5. The lowest BCUT2D eigenvalue weighted by Gasteiger charge is -2.05. The summed E-state index contributed by atoms with van der Waals surface area (Å²) < 4.78 is 6.22. The van der Waals surface area contributed by atoms with Crippen LogP contribution in [0.5, 0.6) is 0 Å². The van der Waals surface area contributed by atoms with Gasteiger partial charge in [-0.2, -0.15) is 0 Å². The molecule has 5 nitrogen and oxygen atoms in total. The minimum atomic E-state index is -0.436. The molecule has 0 unspecified atom stereocenters. The molecule has 0 amide bonds. The van der Waals surface area contributed by atoms with Crippen molar-refractivity contribution in [1.29, 1.82) is 0 Å². The Morgan fingerprint density at radius 3 is 2.73 bits per heavy atom. The van der Waals surface area contributed by atoms with Gasteiger partial charge in [-0.15, -0.1) is 0 Å². The fourth-order valence-electron chi connectivity index (χ4n) is 1.17. The van der Waals surface area contributed by atoms with Crippen LogP contribution in [-0.4, -0.2) is 23.8 Å². The summed E-state index contributed by atoms with van der Waals surface area (Å²) in [5.74, 6) is -0.436. The van der Waals surface area contributed by atoms with Crippen molar-refractivity contribution in [3.8, 4) is 0 Å². The largest absolute Gasteiger partial charge is 0.462 e. The first-order valence-corrected chi connectivity index (χ1v) is 5.56. The van der Waals surface area contributed by atoms with Gasteiger partial charge >= 0.3 is 10.8 Å². The molecule has 1 aromatic rings. The molecule has 0 aliphatic carbocycles. The zero-order chi connectivity index (χ0) is 11.4. The first-order valence-electron chi connectivity index (χ1n) is 4.75. The highest BCUT2D eigenvalue weighted by Gasteiger charge is 2.18. The minimum Gasteiger partial charge on any atom is -0.462 e. The third-order valence-electron chi connectivity index (χ3n) is 1.81. The number of aromatic nitrogens is 1. The quantitative estimate of drug-likeness (QED) is 0.783. The highest BCUT2D eigenvalue weighted by Crippen LogP contribution is 2.11. The zero-order valence-corrected chi connectivity index (χ0v) is 9.81. The molecule has 84 valence electrons. The van der Waals surface area contributed by atoms with Gasteiger partial charge in [0.15, 0.2) is 0 Å². The van der Waals surface area contributed by atoms with Crippen molar-refractivity contribution in [2.75, 3.05) is 18.6 Å². The van der Waals surface area contributed by atoms with Gasteiger partial charge < -0.3 is 10.2 Å². The monoisotopic (exact) mass is 230 g/mol. The highest BCUT2D eigenvalue weighted by molar-refractivity contribution is 7.11. The number of rotatable bonds is 4. The number of carbonyl (C=O) groups excluding carboxylic acids is 1. The van der Waals surface area contributed by atoms with E-state index in [1.54, 1.807) is 13.8 Å². The van der Waals surface area contributed by atoms with Gasteiger partial charge in [-0.05, 0) is 20.8 Å². The van der Waals surface area contributed by atoms with Crippen molar-refractivity contribution in [3.05, 3.63) is 20.2 Å². The van der Waals surface area contributed by atoms with Crippen molar-refractivity contribution >= 4 is 17.3 Å². The van der Waals surface area contributed by atoms with Gasteiger partial charge in [0.2, 0.25) is 0 Å². The number of carbonyl (C=O) groups is 1. The number of nitrogens with zero attached hydrogens (tertiary/aromatic N) is 1. The van der Waals surface area contributed by atoms with Crippen LogP contribution in [0.1, 0.15) is 29.2 Å². The van der Waals surface area contributed by atoms with Crippen LogP contribution < -0.4 is 10.3 Å². The standard InChI is InChI=1S/C9H14N2O3S/c1-4-10-11-6(3)7(15-9(11)13)8(12)14-5-2/h10H,4-5H2,1-3H3. The molecule has 0 bridgehead atoms. The van der Waals surface area contributed by atoms with Gasteiger partial charge in [0.1, 0.15) is 4.88 Å². The second-order valence-corrected chi connectivity index (χ2v) is 3.81. The number of hydrogen-bond donors (Lipinski definition) is 1. The van der Waals surface area contributed by atoms with Gasteiger partial charge in [-0.3, -0.25) is 4.79 Å². The van der Waals surface area contributed by atoms with Crippen LogP contribution in [-0.2, 0) is 4.74 Å². The van der Waals surface area contributed by atoms with Crippen LogP contribution >= 0.6 is 11.3 Å². The molecule has 1 rings (SSSR count). The van der Waals surface area contributed by atoms with E-state index in [1.807, 2.05) is 6.92 Å². The first-order chi connectivity index (χ1) is 7.11. The lowest BCUT2D eigenvalue weighted by molar-refractivity contribution is 0.0530. The van der Waals surface area contributed by atoms with E-state index < -0.39 is 5.97 Å². The van der Waals surface area contributed by atoms with Crippen molar-refractivity contribution in [3.63, 3.8) is 0 Å². The van der Waals surface area contributed by atoms with Crippen LogP contribution in [0, 0.1) is 6.92 Å². The maximum Gasteiger partial charge on any atom is 0.350 e. The van der Waals surface area contributed by atoms with Crippen molar-refractivity contribution in [1.82, 2.24) is 4.68 Å². The molecule has 0 aliphatic heterocycles. The number of thiazole rings is 1. The molecule has 0 aromatic carbocycles. The van der Waals surface area contributed by atoms with E-state index in [4.69, 9.17) is 4.74 Å². The lowest BCUT2D eigenvalue weighted by atomic mass is 10.4. The van der Waals surface area contributed by atoms with E-state index >= 15 is 0 Å². The molecule has 6 heteroatoms. The highest BCUT2D eigenvalue weighted by atomic mass is 32.1. The topological polar surface area (TPSA) is 60.3 Å².